The summed E-state index contributed by atoms with van der Waals surface area (Å²) in [4.78, 5) is 4.00. The SMILES string of the molecule is COS(CCCOCC(O)COc1ccccn1)(OC)OC. The van der Waals surface area contributed by atoms with Gasteiger partial charge in [-0.3, -0.25) is 12.5 Å². The van der Waals surface area contributed by atoms with Crippen LogP contribution >= 0.6 is 10.9 Å². The molecule has 0 fully saturated rings. The summed E-state index contributed by atoms with van der Waals surface area (Å²) in [6, 6.07) is 5.35. The van der Waals surface area contributed by atoms with Crippen LogP contribution in [0.3, 0.4) is 0 Å². The summed E-state index contributed by atoms with van der Waals surface area (Å²) >= 11 is 0. The molecule has 0 aliphatic carbocycles. The van der Waals surface area contributed by atoms with Gasteiger partial charge in [0, 0.05) is 24.6 Å². The quantitative estimate of drug-likeness (QED) is 0.583. The molecular formula is C14H25NO6S. The van der Waals surface area contributed by atoms with Crippen LogP contribution in [-0.2, 0) is 17.3 Å². The van der Waals surface area contributed by atoms with E-state index in [9.17, 15) is 5.11 Å². The third kappa shape index (κ3) is 6.91. The highest BCUT2D eigenvalue weighted by Crippen LogP contribution is 2.49. The van der Waals surface area contributed by atoms with Crippen molar-refractivity contribution in [2.24, 2.45) is 0 Å². The fraction of sp³-hybridized carbons (Fsp3) is 0.643. The predicted molar refractivity (Wildman–Crippen MR) is 84.7 cm³/mol. The van der Waals surface area contributed by atoms with Crippen LogP contribution in [0.25, 0.3) is 0 Å². The van der Waals surface area contributed by atoms with Gasteiger partial charge in [0.15, 0.2) is 0 Å². The molecule has 0 spiro atoms. The standard InChI is InChI=1S/C14H25NO6S/c1-17-22(18-2,19-3)10-6-9-20-11-13(16)12-21-14-7-4-5-8-15-14/h4-5,7-8,13,16H,6,9-12H2,1-3H3. The van der Waals surface area contributed by atoms with Crippen molar-refractivity contribution in [3.8, 4) is 5.88 Å². The van der Waals surface area contributed by atoms with Gasteiger partial charge < -0.3 is 14.6 Å². The van der Waals surface area contributed by atoms with Crippen LogP contribution in [-0.4, -0.2) is 63.1 Å². The summed E-state index contributed by atoms with van der Waals surface area (Å²) in [6.45, 7) is 0.813. The number of aliphatic hydroxyl groups is 1. The number of aromatic nitrogens is 1. The van der Waals surface area contributed by atoms with Crippen molar-refractivity contribution in [2.45, 2.75) is 12.5 Å². The molecule has 0 saturated heterocycles. The summed E-state index contributed by atoms with van der Waals surface area (Å²) in [7, 11) is 2.74. The lowest BCUT2D eigenvalue weighted by molar-refractivity contribution is 0.0114. The molecule has 1 heterocycles. The van der Waals surface area contributed by atoms with Crippen molar-refractivity contribution >= 4 is 10.9 Å². The molecule has 1 aromatic rings. The van der Waals surface area contributed by atoms with Crippen LogP contribution in [0.15, 0.2) is 24.4 Å². The largest absolute Gasteiger partial charge is 0.475 e. The van der Waals surface area contributed by atoms with E-state index in [2.05, 4.69) is 4.98 Å². The Morgan fingerprint density at radius 1 is 1.14 bits per heavy atom. The second-order valence-electron chi connectivity index (χ2n) is 4.32. The summed E-state index contributed by atoms with van der Waals surface area (Å²) in [6.07, 6.45) is 1.64. The lowest BCUT2D eigenvalue weighted by Gasteiger charge is -2.33. The molecule has 0 aliphatic rings. The minimum atomic E-state index is -1.93. The fourth-order valence-electron chi connectivity index (χ4n) is 1.67. The molecular weight excluding hydrogens is 310 g/mol. The van der Waals surface area contributed by atoms with Crippen molar-refractivity contribution < 1.29 is 27.1 Å². The summed E-state index contributed by atoms with van der Waals surface area (Å²) < 4.78 is 26.5. The topological polar surface area (TPSA) is 79.3 Å². The normalized spacial score (nSPS) is 13.8. The van der Waals surface area contributed by atoms with Crippen molar-refractivity contribution in [3.63, 3.8) is 0 Å². The Bertz CT molecular complexity index is 382. The van der Waals surface area contributed by atoms with E-state index in [1.54, 1.807) is 39.7 Å². The van der Waals surface area contributed by atoms with Gasteiger partial charge in [0.05, 0.1) is 38.8 Å². The molecule has 0 saturated carbocycles. The molecule has 1 N–H and O–H groups in total. The number of hydrogen-bond donors (Lipinski definition) is 1. The lowest BCUT2D eigenvalue weighted by Crippen LogP contribution is -2.24. The second-order valence-corrected chi connectivity index (χ2v) is 6.85. The highest BCUT2D eigenvalue weighted by molar-refractivity contribution is 8.21. The van der Waals surface area contributed by atoms with Crippen molar-refractivity contribution in [3.05, 3.63) is 24.4 Å². The van der Waals surface area contributed by atoms with E-state index in [0.29, 0.717) is 24.7 Å². The molecule has 0 bridgehead atoms. The highest BCUT2D eigenvalue weighted by Gasteiger charge is 2.22. The van der Waals surface area contributed by atoms with Gasteiger partial charge in [0.1, 0.15) is 12.7 Å². The maximum absolute atomic E-state index is 9.76. The summed E-state index contributed by atoms with van der Waals surface area (Å²) in [5.41, 5.74) is 0. The first kappa shape index (κ1) is 19.1. The van der Waals surface area contributed by atoms with Gasteiger partial charge >= 0.3 is 0 Å². The zero-order valence-electron chi connectivity index (χ0n) is 13.3. The summed E-state index contributed by atoms with van der Waals surface area (Å²) in [5, 5.41) is 9.76. The first-order chi connectivity index (χ1) is 10.7. The van der Waals surface area contributed by atoms with Crippen LogP contribution < -0.4 is 4.74 Å². The molecule has 128 valence electrons. The Morgan fingerprint density at radius 3 is 2.45 bits per heavy atom. The van der Waals surface area contributed by atoms with E-state index in [1.165, 1.54) is 0 Å². The van der Waals surface area contributed by atoms with Crippen LogP contribution in [0.1, 0.15) is 6.42 Å². The number of aliphatic hydroxyl groups excluding tert-OH is 1. The zero-order valence-corrected chi connectivity index (χ0v) is 14.1. The van der Waals surface area contributed by atoms with Gasteiger partial charge in [-0.2, -0.15) is 0 Å². The van der Waals surface area contributed by atoms with Gasteiger partial charge in [0.25, 0.3) is 0 Å². The maximum Gasteiger partial charge on any atom is 0.213 e. The van der Waals surface area contributed by atoms with Gasteiger partial charge in [-0.1, -0.05) is 6.07 Å². The molecule has 0 aromatic carbocycles. The Hall–Kier alpha value is -0.900. The molecule has 1 rings (SSSR count). The van der Waals surface area contributed by atoms with Gasteiger partial charge in [-0.15, -0.1) is 0 Å². The zero-order chi connectivity index (χ0) is 16.3. The van der Waals surface area contributed by atoms with Gasteiger partial charge in [-0.05, 0) is 12.5 Å². The van der Waals surface area contributed by atoms with Crippen LogP contribution in [0.4, 0.5) is 0 Å². The number of nitrogens with zero attached hydrogens (tertiary/aromatic N) is 1. The molecule has 0 aliphatic heterocycles. The number of rotatable bonds is 12. The molecule has 0 amide bonds. The van der Waals surface area contributed by atoms with Crippen molar-refractivity contribution in [2.75, 3.05) is 46.9 Å². The van der Waals surface area contributed by atoms with E-state index in [1.807, 2.05) is 6.07 Å². The molecule has 7 nitrogen and oxygen atoms in total. The van der Waals surface area contributed by atoms with Gasteiger partial charge in [0.2, 0.25) is 5.88 Å². The minimum Gasteiger partial charge on any atom is -0.475 e. The van der Waals surface area contributed by atoms with Gasteiger partial charge in [-0.25, -0.2) is 4.98 Å². The predicted octanol–water partition coefficient (Wildman–Crippen LogP) is 1.72. The van der Waals surface area contributed by atoms with Crippen LogP contribution in [0, 0.1) is 0 Å². The van der Waals surface area contributed by atoms with Crippen molar-refractivity contribution in [1.29, 1.82) is 0 Å². The number of ether oxygens (including phenoxy) is 2. The third-order valence-corrected chi connectivity index (χ3v) is 5.13. The average Bonchev–Trinajstić information content (AvgIpc) is 2.58. The lowest BCUT2D eigenvalue weighted by atomic mass is 10.4. The summed E-state index contributed by atoms with van der Waals surface area (Å²) in [5.74, 6) is 1.09. The highest BCUT2D eigenvalue weighted by atomic mass is 32.3. The second kappa shape index (κ2) is 10.8. The minimum absolute atomic E-state index is 0.139. The van der Waals surface area contributed by atoms with E-state index in [-0.39, 0.29) is 13.2 Å². The molecule has 22 heavy (non-hydrogen) atoms. The Morgan fingerprint density at radius 2 is 1.86 bits per heavy atom. The smallest absolute Gasteiger partial charge is 0.213 e. The van der Waals surface area contributed by atoms with E-state index in [0.717, 1.165) is 0 Å². The Kier molecular flexibility index (Phi) is 9.37. The number of hydrogen-bond acceptors (Lipinski definition) is 7. The van der Waals surface area contributed by atoms with Crippen LogP contribution in [0.5, 0.6) is 5.88 Å². The average molecular weight is 335 g/mol. The molecule has 1 atom stereocenters. The molecule has 1 unspecified atom stereocenters. The molecule has 8 heteroatoms. The monoisotopic (exact) mass is 335 g/mol. The van der Waals surface area contributed by atoms with E-state index in [4.69, 9.17) is 22.0 Å². The maximum atomic E-state index is 9.76. The number of pyridine rings is 1. The van der Waals surface area contributed by atoms with Crippen LogP contribution in [0.2, 0.25) is 0 Å². The Balaban J connectivity index is 2.11. The van der Waals surface area contributed by atoms with Crippen molar-refractivity contribution in [1.82, 2.24) is 4.98 Å². The molecule has 0 radical (unpaired) electrons. The first-order valence-corrected chi connectivity index (χ1v) is 8.51. The first-order valence-electron chi connectivity index (χ1n) is 6.93. The van der Waals surface area contributed by atoms with E-state index >= 15 is 0 Å². The Labute approximate surface area is 133 Å². The van der Waals surface area contributed by atoms with E-state index < -0.39 is 17.0 Å². The third-order valence-electron chi connectivity index (χ3n) is 2.82. The fourth-order valence-corrected chi connectivity index (χ4v) is 3.05. The molecule has 1 aromatic heterocycles.